The number of aryl methyl sites for hydroxylation is 1. The number of hydrogen-bond acceptors (Lipinski definition) is 7. The van der Waals surface area contributed by atoms with E-state index >= 15 is 0 Å². The van der Waals surface area contributed by atoms with Crippen molar-refractivity contribution in [2.75, 3.05) is 38.7 Å². The van der Waals surface area contributed by atoms with E-state index in [9.17, 15) is 18.0 Å². The van der Waals surface area contributed by atoms with Crippen molar-refractivity contribution < 1.29 is 37.3 Å². The Kier molecular flexibility index (Phi) is 9.14. The van der Waals surface area contributed by atoms with Gasteiger partial charge in [0, 0.05) is 19.7 Å². The molecule has 0 spiro atoms. The van der Waals surface area contributed by atoms with Crippen LogP contribution in [0.15, 0.2) is 48.5 Å². The summed E-state index contributed by atoms with van der Waals surface area (Å²) in [4.78, 5) is 17.4. The Labute approximate surface area is 205 Å². The van der Waals surface area contributed by atoms with Gasteiger partial charge < -0.3 is 30.0 Å². The zero-order chi connectivity index (χ0) is 26.1. The molecule has 0 saturated heterocycles. The van der Waals surface area contributed by atoms with E-state index in [4.69, 9.17) is 14.6 Å². The quantitative estimate of drug-likeness (QED) is 0.320. The van der Waals surface area contributed by atoms with Gasteiger partial charge in [0.05, 0.1) is 26.4 Å². The third-order valence-electron chi connectivity index (χ3n) is 4.86. The standard InChI is InChI=1S/C24H27F3N4O5/c1-16-6-8-17(9-7-16)15-31-20(22(33)29-10-12-34-13-11-32)21(28-2)30-23(31)35-18-4-3-5-19(14-18)36-24(25,26)27/h3-9,14,28,32H,10-13,15H2,1-2H3,(H,29,33). The molecule has 0 bridgehead atoms. The van der Waals surface area contributed by atoms with Crippen LogP contribution < -0.4 is 20.1 Å². The molecule has 9 nitrogen and oxygen atoms in total. The Morgan fingerprint density at radius 3 is 2.50 bits per heavy atom. The van der Waals surface area contributed by atoms with E-state index in [1.165, 1.54) is 16.7 Å². The number of halogens is 3. The Morgan fingerprint density at radius 2 is 1.83 bits per heavy atom. The van der Waals surface area contributed by atoms with Crippen molar-refractivity contribution in [2.45, 2.75) is 19.8 Å². The molecule has 0 fully saturated rings. The first-order valence-electron chi connectivity index (χ1n) is 11.0. The van der Waals surface area contributed by atoms with Crippen molar-refractivity contribution in [3.05, 3.63) is 65.4 Å². The summed E-state index contributed by atoms with van der Waals surface area (Å²) in [6, 6.07) is 12.6. The maximum absolute atomic E-state index is 13.1. The topological polar surface area (TPSA) is 107 Å². The van der Waals surface area contributed by atoms with Gasteiger partial charge in [0.15, 0.2) is 11.5 Å². The number of nitrogens with zero attached hydrogens (tertiary/aromatic N) is 2. The minimum absolute atomic E-state index is 0.00855. The molecule has 36 heavy (non-hydrogen) atoms. The zero-order valence-corrected chi connectivity index (χ0v) is 19.8. The highest BCUT2D eigenvalue weighted by Crippen LogP contribution is 2.31. The fourth-order valence-corrected chi connectivity index (χ4v) is 3.26. The highest BCUT2D eigenvalue weighted by molar-refractivity contribution is 5.97. The highest BCUT2D eigenvalue weighted by atomic mass is 19.4. The van der Waals surface area contributed by atoms with E-state index in [1.54, 1.807) is 7.05 Å². The molecule has 1 aromatic heterocycles. The number of hydrogen-bond donors (Lipinski definition) is 3. The molecule has 0 radical (unpaired) electrons. The smallest absolute Gasteiger partial charge is 0.425 e. The maximum atomic E-state index is 13.1. The molecular formula is C24H27F3N4O5. The molecule has 1 amide bonds. The molecule has 3 aromatic rings. The van der Waals surface area contributed by atoms with Crippen LogP contribution in [0.5, 0.6) is 17.5 Å². The first-order valence-corrected chi connectivity index (χ1v) is 11.0. The number of nitrogens with one attached hydrogen (secondary N) is 2. The van der Waals surface area contributed by atoms with Gasteiger partial charge in [0.1, 0.15) is 11.5 Å². The van der Waals surface area contributed by atoms with Crippen molar-refractivity contribution in [3.63, 3.8) is 0 Å². The molecular weight excluding hydrogens is 481 g/mol. The molecule has 0 aliphatic rings. The number of anilines is 1. The number of rotatable bonds is 12. The lowest BCUT2D eigenvalue weighted by Gasteiger charge is -2.14. The number of imidazole rings is 1. The normalized spacial score (nSPS) is 11.3. The average Bonchev–Trinajstić information content (AvgIpc) is 3.16. The SMILES string of the molecule is CNc1nc(Oc2cccc(OC(F)(F)F)c2)n(Cc2ccc(C)cc2)c1C(=O)NCCOCCO. The fourth-order valence-electron chi connectivity index (χ4n) is 3.26. The summed E-state index contributed by atoms with van der Waals surface area (Å²) < 4.78 is 54.4. The van der Waals surface area contributed by atoms with Gasteiger partial charge in [0.25, 0.3) is 5.91 Å². The van der Waals surface area contributed by atoms with Crippen molar-refractivity contribution in [1.82, 2.24) is 14.9 Å². The molecule has 1 heterocycles. The Bertz CT molecular complexity index is 1150. The van der Waals surface area contributed by atoms with Crippen LogP contribution in [-0.2, 0) is 11.3 Å². The van der Waals surface area contributed by atoms with E-state index in [0.29, 0.717) is 0 Å². The zero-order valence-electron chi connectivity index (χ0n) is 19.8. The summed E-state index contributed by atoms with van der Waals surface area (Å²) in [7, 11) is 1.58. The van der Waals surface area contributed by atoms with Crippen LogP contribution in [0.25, 0.3) is 0 Å². The summed E-state index contributed by atoms with van der Waals surface area (Å²) in [5.41, 5.74) is 2.07. The number of carbonyl (C=O) groups excluding carboxylic acids is 1. The van der Waals surface area contributed by atoms with Crippen molar-refractivity contribution in [1.29, 1.82) is 0 Å². The molecule has 194 valence electrons. The van der Waals surface area contributed by atoms with Crippen LogP contribution in [0.3, 0.4) is 0 Å². The van der Waals surface area contributed by atoms with Gasteiger partial charge in [-0.3, -0.25) is 9.36 Å². The molecule has 2 aromatic carbocycles. The van der Waals surface area contributed by atoms with Crippen LogP contribution in [0.4, 0.5) is 19.0 Å². The summed E-state index contributed by atoms with van der Waals surface area (Å²) >= 11 is 0. The summed E-state index contributed by atoms with van der Waals surface area (Å²) in [6.07, 6.45) is -4.85. The molecule has 12 heteroatoms. The fraction of sp³-hybridized carbons (Fsp3) is 0.333. The minimum atomic E-state index is -4.85. The number of amides is 1. The molecule has 0 saturated carbocycles. The second-order valence-corrected chi connectivity index (χ2v) is 7.63. The van der Waals surface area contributed by atoms with Gasteiger partial charge in [-0.1, -0.05) is 35.9 Å². The number of aliphatic hydroxyl groups excluding tert-OH is 1. The third kappa shape index (κ3) is 7.62. The second kappa shape index (κ2) is 12.3. The molecule has 0 unspecified atom stereocenters. The number of aromatic nitrogens is 2. The van der Waals surface area contributed by atoms with Crippen molar-refractivity contribution >= 4 is 11.7 Å². The third-order valence-corrected chi connectivity index (χ3v) is 4.86. The lowest BCUT2D eigenvalue weighted by atomic mass is 10.1. The number of benzene rings is 2. The number of aliphatic hydroxyl groups is 1. The lowest BCUT2D eigenvalue weighted by molar-refractivity contribution is -0.274. The summed E-state index contributed by atoms with van der Waals surface area (Å²) in [5.74, 6) is -0.658. The molecule has 0 aliphatic carbocycles. The number of alkyl halides is 3. The van der Waals surface area contributed by atoms with Gasteiger partial charge in [-0.05, 0) is 24.6 Å². The molecule has 3 N–H and O–H groups in total. The van der Waals surface area contributed by atoms with Crippen LogP contribution in [0.1, 0.15) is 21.6 Å². The predicted octanol–water partition coefficient (Wildman–Crippen LogP) is 3.71. The average molecular weight is 508 g/mol. The van der Waals surface area contributed by atoms with E-state index in [2.05, 4.69) is 20.4 Å². The van der Waals surface area contributed by atoms with Crippen LogP contribution in [0, 0.1) is 6.92 Å². The summed E-state index contributed by atoms with van der Waals surface area (Å²) in [5, 5.41) is 14.4. The Hall–Kier alpha value is -3.77. The van der Waals surface area contributed by atoms with Gasteiger partial charge >= 0.3 is 12.4 Å². The van der Waals surface area contributed by atoms with Crippen LogP contribution in [0.2, 0.25) is 0 Å². The van der Waals surface area contributed by atoms with E-state index in [-0.39, 0.29) is 56.2 Å². The van der Waals surface area contributed by atoms with Gasteiger partial charge in [-0.25, -0.2) is 0 Å². The maximum Gasteiger partial charge on any atom is 0.573 e. The van der Waals surface area contributed by atoms with Gasteiger partial charge in [-0.2, -0.15) is 4.98 Å². The number of ether oxygens (including phenoxy) is 3. The van der Waals surface area contributed by atoms with Crippen LogP contribution >= 0.6 is 0 Å². The van der Waals surface area contributed by atoms with E-state index in [0.717, 1.165) is 23.3 Å². The van der Waals surface area contributed by atoms with Gasteiger partial charge in [-0.15, -0.1) is 13.2 Å². The predicted molar refractivity (Wildman–Crippen MR) is 125 cm³/mol. The largest absolute Gasteiger partial charge is 0.573 e. The van der Waals surface area contributed by atoms with E-state index < -0.39 is 18.0 Å². The molecule has 0 aliphatic heterocycles. The Balaban J connectivity index is 1.93. The molecule has 3 rings (SSSR count). The van der Waals surface area contributed by atoms with Gasteiger partial charge in [0.2, 0.25) is 0 Å². The number of carbonyl (C=O) groups is 1. The Morgan fingerprint density at radius 1 is 1.11 bits per heavy atom. The van der Waals surface area contributed by atoms with Crippen LogP contribution in [-0.4, -0.2) is 60.3 Å². The first kappa shape index (κ1) is 26.8. The lowest BCUT2D eigenvalue weighted by Crippen LogP contribution is -2.30. The van der Waals surface area contributed by atoms with Crippen molar-refractivity contribution in [3.8, 4) is 17.5 Å². The summed E-state index contributed by atoms with van der Waals surface area (Å²) in [6.45, 7) is 2.55. The molecule has 0 atom stereocenters. The first-order chi connectivity index (χ1) is 17.2. The monoisotopic (exact) mass is 508 g/mol. The van der Waals surface area contributed by atoms with Crippen molar-refractivity contribution in [2.24, 2.45) is 0 Å². The van der Waals surface area contributed by atoms with E-state index in [1.807, 2.05) is 31.2 Å². The second-order valence-electron chi connectivity index (χ2n) is 7.63. The minimum Gasteiger partial charge on any atom is -0.425 e. The highest BCUT2D eigenvalue weighted by Gasteiger charge is 2.31.